The van der Waals surface area contributed by atoms with Gasteiger partial charge in [0.05, 0.1) is 6.21 Å². The van der Waals surface area contributed by atoms with Crippen LogP contribution in [-0.2, 0) is 11.3 Å². The van der Waals surface area contributed by atoms with Crippen molar-refractivity contribution in [3.63, 3.8) is 0 Å². The van der Waals surface area contributed by atoms with E-state index in [9.17, 15) is 14.7 Å². The lowest BCUT2D eigenvalue weighted by molar-refractivity contribution is -0.121. The van der Waals surface area contributed by atoms with Gasteiger partial charge >= 0.3 is 0 Å². The number of aromatic amines is 1. The Bertz CT molecular complexity index is 839. The Morgan fingerprint density at radius 3 is 2.93 bits per heavy atom. The molecule has 1 amide bonds. The average molecular weight is 407 g/mol. The van der Waals surface area contributed by atoms with Crippen LogP contribution in [0.4, 0.5) is 0 Å². The number of amides is 1. The number of H-pyrrole nitrogens is 1. The number of hydrogen-bond acceptors (Lipinski definition) is 5. The number of unbranched alkanes of at least 4 members (excludes halogenated alkanes) is 3. The summed E-state index contributed by atoms with van der Waals surface area (Å²) in [4.78, 5) is 26.5. The second-order valence-electron chi connectivity index (χ2n) is 7.11. The highest BCUT2D eigenvalue weighted by atomic mass is 32.1. The van der Waals surface area contributed by atoms with Crippen LogP contribution in [0.2, 0.25) is 0 Å². The third kappa shape index (κ3) is 6.74. The standard InChI is InChI=1S/C20H30N4O3S/c1-2-3-4-8-11-17(25)23-21-14-16-18(26)22-20(28)24(19(16)27)13-12-15-9-6-5-7-10-15/h9,14,27H,2-8,10-13H2,1H3,(H,23,25)(H,22,26,28)/b21-14+. The number of allylic oxidation sites excluding steroid dienone is 2. The van der Waals surface area contributed by atoms with E-state index in [1.807, 2.05) is 0 Å². The number of rotatable bonds is 10. The lowest BCUT2D eigenvalue weighted by atomic mass is 9.97. The van der Waals surface area contributed by atoms with Crippen molar-refractivity contribution in [2.75, 3.05) is 0 Å². The third-order valence-corrected chi connectivity index (χ3v) is 5.21. The number of nitrogens with one attached hydrogen (secondary N) is 2. The van der Waals surface area contributed by atoms with Crippen LogP contribution in [0.3, 0.4) is 0 Å². The molecule has 28 heavy (non-hydrogen) atoms. The zero-order valence-corrected chi connectivity index (χ0v) is 17.3. The molecule has 0 saturated carbocycles. The molecule has 0 unspecified atom stereocenters. The highest BCUT2D eigenvalue weighted by molar-refractivity contribution is 7.71. The topological polar surface area (TPSA) is 99.5 Å². The first-order chi connectivity index (χ1) is 13.5. The second-order valence-corrected chi connectivity index (χ2v) is 7.50. The maximum atomic E-state index is 12.1. The van der Waals surface area contributed by atoms with Gasteiger partial charge in [0.15, 0.2) is 4.77 Å². The summed E-state index contributed by atoms with van der Waals surface area (Å²) in [5, 5.41) is 14.3. The van der Waals surface area contributed by atoms with Crippen LogP contribution in [-0.4, -0.2) is 26.8 Å². The molecule has 1 aromatic rings. The van der Waals surface area contributed by atoms with Crippen molar-refractivity contribution >= 4 is 24.3 Å². The van der Waals surface area contributed by atoms with Gasteiger partial charge in [0.1, 0.15) is 5.56 Å². The maximum absolute atomic E-state index is 12.1. The van der Waals surface area contributed by atoms with E-state index in [2.05, 4.69) is 28.5 Å². The summed E-state index contributed by atoms with van der Waals surface area (Å²) in [5.41, 5.74) is 3.21. The highest BCUT2D eigenvalue weighted by Gasteiger charge is 2.12. The van der Waals surface area contributed by atoms with E-state index >= 15 is 0 Å². The second kappa shape index (κ2) is 11.6. The molecule has 8 heteroatoms. The van der Waals surface area contributed by atoms with E-state index < -0.39 is 5.56 Å². The molecule has 0 aromatic carbocycles. The average Bonchev–Trinajstić information content (AvgIpc) is 2.68. The first kappa shape index (κ1) is 22.1. The SMILES string of the molecule is CCCCCCC(=O)N/N=C/c1c(O)n(CCC2=CCCCC2)c(=S)[nH]c1=O. The Morgan fingerprint density at radius 2 is 2.21 bits per heavy atom. The molecule has 0 aliphatic heterocycles. The smallest absolute Gasteiger partial charge is 0.264 e. The zero-order valence-electron chi connectivity index (χ0n) is 16.5. The molecule has 154 valence electrons. The Balaban J connectivity index is 2.01. The van der Waals surface area contributed by atoms with Gasteiger partial charge in [-0.15, -0.1) is 0 Å². The number of aromatic hydroxyl groups is 1. The van der Waals surface area contributed by atoms with Crippen molar-refractivity contribution in [2.24, 2.45) is 5.10 Å². The van der Waals surface area contributed by atoms with Gasteiger partial charge in [-0.25, -0.2) is 5.43 Å². The first-order valence-corrected chi connectivity index (χ1v) is 10.5. The summed E-state index contributed by atoms with van der Waals surface area (Å²) < 4.78 is 1.68. The van der Waals surface area contributed by atoms with E-state index in [0.29, 0.717) is 13.0 Å². The predicted octanol–water partition coefficient (Wildman–Crippen LogP) is 3.92. The summed E-state index contributed by atoms with van der Waals surface area (Å²) in [7, 11) is 0. The molecule has 0 bridgehead atoms. The van der Waals surface area contributed by atoms with Crippen molar-refractivity contribution < 1.29 is 9.90 Å². The Kier molecular flexibility index (Phi) is 9.13. The summed E-state index contributed by atoms with van der Waals surface area (Å²) in [6, 6.07) is 0. The van der Waals surface area contributed by atoms with E-state index in [-0.39, 0.29) is 22.1 Å². The molecule has 0 atom stereocenters. The van der Waals surface area contributed by atoms with Crippen molar-refractivity contribution in [1.29, 1.82) is 0 Å². The van der Waals surface area contributed by atoms with Gasteiger partial charge in [-0.1, -0.05) is 37.8 Å². The Labute approximate surface area is 170 Å². The maximum Gasteiger partial charge on any atom is 0.264 e. The minimum atomic E-state index is -0.531. The Hall–Kier alpha value is -2.22. The van der Waals surface area contributed by atoms with Crippen LogP contribution in [0.5, 0.6) is 5.88 Å². The summed E-state index contributed by atoms with van der Waals surface area (Å²) in [6.07, 6.45) is 13.2. The number of hydrogen-bond donors (Lipinski definition) is 3. The van der Waals surface area contributed by atoms with Crippen molar-refractivity contribution in [2.45, 2.75) is 77.7 Å². The van der Waals surface area contributed by atoms with Gasteiger partial charge in [0, 0.05) is 13.0 Å². The molecule has 0 saturated heterocycles. The lowest BCUT2D eigenvalue weighted by Crippen LogP contribution is -2.21. The molecular weight excluding hydrogens is 376 g/mol. The molecule has 1 aliphatic carbocycles. The summed E-state index contributed by atoms with van der Waals surface area (Å²) >= 11 is 5.19. The molecular formula is C20H30N4O3S. The molecule has 1 heterocycles. The number of carbonyl (C=O) groups excluding carboxylic acids is 1. The molecule has 1 aliphatic rings. The molecule has 2 rings (SSSR count). The monoisotopic (exact) mass is 406 g/mol. The quantitative estimate of drug-likeness (QED) is 0.180. The summed E-state index contributed by atoms with van der Waals surface area (Å²) in [5.74, 6) is -0.439. The van der Waals surface area contributed by atoms with Crippen LogP contribution < -0.4 is 11.0 Å². The normalized spacial score (nSPS) is 14.2. The van der Waals surface area contributed by atoms with Crippen molar-refractivity contribution in [1.82, 2.24) is 15.0 Å². The van der Waals surface area contributed by atoms with Gasteiger partial charge in [0.2, 0.25) is 11.8 Å². The van der Waals surface area contributed by atoms with E-state index in [1.54, 1.807) is 0 Å². The fourth-order valence-electron chi connectivity index (χ4n) is 3.22. The fraction of sp³-hybridized carbons (Fsp3) is 0.600. The van der Waals surface area contributed by atoms with Crippen LogP contribution in [0, 0.1) is 4.77 Å². The van der Waals surface area contributed by atoms with Gasteiger partial charge < -0.3 is 5.11 Å². The number of carbonyl (C=O) groups is 1. The molecule has 0 fully saturated rings. The van der Waals surface area contributed by atoms with E-state index in [0.717, 1.165) is 44.9 Å². The van der Waals surface area contributed by atoms with Crippen molar-refractivity contribution in [3.8, 4) is 5.88 Å². The molecule has 3 N–H and O–H groups in total. The van der Waals surface area contributed by atoms with Crippen molar-refractivity contribution in [3.05, 3.63) is 32.3 Å². The largest absolute Gasteiger partial charge is 0.494 e. The van der Waals surface area contributed by atoms with Crippen LogP contribution >= 0.6 is 12.2 Å². The number of hydrazone groups is 1. The Morgan fingerprint density at radius 1 is 1.39 bits per heavy atom. The summed E-state index contributed by atoms with van der Waals surface area (Å²) in [6.45, 7) is 2.60. The van der Waals surface area contributed by atoms with Gasteiger partial charge in [-0.2, -0.15) is 5.10 Å². The molecule has 1 aromatic heterocycles. The van der Waals surface area contributed by atoms with Crippen LogP contribution in [0.15, 0.2) is 21.5 Å². The fourth-order valence-corrected chi connectivity index (χ4v) is 3.49. The molecule has 7 nitrogen and oxygen atoms in total. The van der Waals surface area contributed by atoms with Crippen LogP contribution in [0.25, 0.3) is 0 Å². The van der Waals surface area contributed by atoms with Gasteiger partial charge in [-0.3, -0.25) is 19.1 Å². The van der Waals surface area contributed by atoms with Gasteiger partial charge in [-0.05, 0) is 50.7 Å². The van der Waals surface area contributed by atoms with Gasteiger partial charge in [0.25, 0.3) is 5.56 Å². The zero-order chi connectivity index (χ0) is 20.4. The highest BCUT2D eigenvalue weighted by Crippen LogP contribution is 2.22. The minimum Gasteiger partial charge on any atom is -0.494 e. The minimum absolute atomic E-state index is 0.0162. The molecule has 0 radical (unpaired) electrons. The molecule has 0 spiro atoms. The number of aromatic nitrogens is 2. The predicted molar refractivity (Wildman–Crippen MR) is 113 cm³/mol. The number of nitrogens with zero attached hydrogens (tertiary/aromatic N) is 2. The van der Waals surface area contributed by atoms with E-state index in [1.165, 1.54) is 29.2 Å². The lowest BCUT2D eigenvalue weighted by Gasteiger charge is -2.15. The third-order valence-electron chi connectivity index (χ3n) is 4.89. The first-order valence-electron chi connectivity index (χ1n) is 10.1. The van der Waals surface area contributed by atoms with Crippen LogP contribution in [0.1, 0.15) is 76.7 Å². The van der Waals surface area contributed by atoms with E-state index in [4.69, 9.17) is 12.2 Å².